The van der Waals surface area contributed by atoms with Gasteiger partial charge in [-0.2, -0.15) is 0 Å². The number of phenols is 1. The SMILES string of the molecule is O=C(c1cc(F)ccc1O)N1CCC2(CC1)OCCO2. The molecule has 2 fully saturated rings. The van der Waals surface area contributed by atoms with Gasteiger partial charge in [-0.05, 0) is 18.2 Å². The van der Waals surface area contributed by atoms with Crippen molar-refractivity contribution in [2.75, 3.05) is 26.3 Å². The molecular formula is C14H16FNO4. The summed E-state index contributed by atoms with van der Waals surface area (Å²) in [5, 5.41) is 9.68. The Bertz CT molecular complexity index is 518. The summed E-state index contributed by atoms with van der Waals surface area (Å²) < 4.78 is 24.4. The van der Waals surface area contributed by atoms with E-state index in [0.717, 1.165) is 12.1 Å². The Morgan fingerprint density at radius 3 is 2.55 bits per heavy atom. The summed E-state index contributed by atoms with van der Waals surface area (Å²) in [6.07, 6.45) is 1.18. The van der Waals surface area contributed by atoms with Gasteiger partial charge in [0.2, 0.25) is 0 Å². The van der Waals surface area contributed by atoms with E-state index in [-0.39, 0.29) is 17.2 Å². The van der Waals surface area contributed by atoms with Crippen LogP contribution >= 0.6 is 0 Å². The third kappa shape index (κ3) is 2.36. The van der Waals surface area contributed by atoms with Crippen molar-refractivity contribution in [2.24, 2.45) is 0 Å². The van der Waals surface area contributed by atoms with Crippen molar-refractivity contribution in [1.29, 1.82) is 0 Å². The largest absolute Gasteiger partial charge is 0.507 e. The monoisotopic (exact) mass is 281 g/mol. The molecule has 0 atom stereocenters. The number of phenolic OH excluding ortho intramolecular Hbond substituents is 1. The molecule has 2 aliphatic rings. The maximum atomic E-state index is 13.2. The molecule has 108 valence electrons. The molecule has 20 heavy (non-hydrogen) atoms. The predicted molar refractivity (Wildman–Crippen MR) is 67.8 cm³/mol. The zero-order valence-electron chi connectivity index (χ0n) is 11.0. The van der Waals surface area contributed by atoms with E-state index in [0.29, 0.717) is 39.1 Å². The lowest BCUT2D eigenvalue weighted by Gasteiger charge is -2.37. The average molecular weight is 281 g/mol. The van der Waals surface area contributed by atoms with Crippen molar-refractivity contribution < 1.29 is 23.8 Å². The third-order valence-corrected chi connectivity index (χ3v) is 3.82. The van der Waals surface area contributed by atoms with E-state index in [4.69, 9.17) is 9.47 Å². The molecule has 2 heterocycles. The van der Waals surface area contributed by atoms with Gasteiger partial charge >= 0.3 is 0 Å². The number of hydrogen-bond acceptors (Lipinski definition) is 4. The zero-order chi connectivity index (χ0) is 14.2. The van der Waals surface area contributed by atoms with Gasteiger partial charge in [0.25, 0.3) is 5.91 Å². The molecular weight excluding hydrogens is 265 g/mol. The highest BCUT2D eigenvalue weighted by Crippen LogP contribution is 2.32. The van der Waals surface area contributed by atoms with Gasteiger partial charge in [0.05, 0.1) is 18.8 Å². The van der Waals surface area contributed by atoms with Crippen molar-refractivity contribution in [1.82, 2.24) is 4.90 Å². The van der Waals surface area contributed by atoms with Crippen LogP contribution in [0.2, 0.25) is 0 Å². The Balaban J connectivity index is 1.71. The molecule has 1 amide bonds. The first-order chi connectivity index (χ1) is 9.60. The highest BCUT2D eigenvalue weighted by molar-refractivity contribution is 5.96. The number of carbonyl (C=O) groups is 1. The number of benzene rings is 1. The van der Waals surface area contributed by atoms with Crippen molar-refractivity contribution in [3.05, 3.63) is 29.6 Å². The number of hydrogen-bond donors (Lipinski definition) is 1. The number of nitrogens with zero attached hydrogens (tertiary/aromatic N) is 1. The Labute approximate surface area is 115 Å². The fourth-order valence-corrected chi connectivity index (χ4v) is 2.69. The van der Waals surface area contributed by atoms with Crippen LogP contribution < -0.4 is 0 Å². The molecule has 3 rings (SSSR count). The van der Waals surface area contributed by atoms with E-state index in [2.05, 4.69) is 0 Å². The number of carbonyl (C=O) groups excluding carboxylic acids is 1. The molecule has 1 aromatic carbocycles. The Kier molecular flexibility index (Phi) is 3.35. The minimum absolute atomic E-state index is 0.00536. The Morgan fingerprint density at radius 1 is 1.25 bits per heavy atom. The fourth-order valence-electron chi connectivity index (χ4n) is 2.69. The van der Waals surface area contributed by atoms with E-state index < -0.39 is 11.6 Å². The van der Waals surface area contributed by atoms with Crippen LogP contribution in [0, 0.1) is 5.82 Å². The lowest BCUT2D eigenvalue weighted by Crippen LogP contribution is -2.47. The van der Waals surface area contributed by atoms with Gasteiger partial charge < -0.3 is 19.5 Å². The van der Waals surface area contributed by atoms with Crippen LogP contribution in [-0.2, 0) is 9.47 Å². The molecule has 1 N–H and O–H groups in total. The van der Waals surface area contributed by atoms with E-state index in [9.17, 15) is 14.3 Å². The molecule has 6 heteroatoms. The number of ether oxygens (including phenoxy) is 2. The number of halogens is 1. The van der Waals surface area contributed by atoms with E-state index in [1.165, 1.54) is 6.07 Å². The number of piperidine rings is 1. The molecule has 2 aliphatic heterocycles. The van der Waals surface area contributed by atoms with E-state index in [1.54, 1.807) is 4.90 Å². The summed E-state index contributed by atoms with van der Waals surface area (Å²) in [7, 11) is 0. The normalized spacial score (nSPS) is 21.4. The van der Waals surface area contributed by atoms with E-state index in [1.807, 2.05) is 0 Å². The second-order valence-electron chi connectivity index (χ2n) is 5.06. The summed E-state index contributed by atoms with van der Waals surface area (Å²) in [6, 6.07) is 3.37. The topological polar surface area (TPSA) is 59.0 Å². The zero-order valence-corrected chi connectivity index (χ0v) is 11.0. The van der Waals surface area contributed by atoms with Crippen LogP contribution in [0.15, 0.2) is 18.2 Å². The summed E-state index contributed by atoms with van der Waals surface area (Å²) in [5.74, 6) is -1.66. The maximum Gasteiger partial charge on any atom is 0.257 e. The molecule has 5 nitrogen and oxygen atoms in total. The molecule has 1 spiro atoms. The van der Waals surface area contributed by atoms with Gasteiger partial charge in [0.15, 0.2) is 5.79 Å². The summed E-state index contributed by atoms with van der Waals surface area (Å²) >= 11 is 0. The molecule has 0 aliphatic carbocycles. The first-order valence-electron chi connectivity index (χ1n) is 6.65. The third-order valence-electron chi connectivity index (χ3n) is 3.82. The number of rotatable bonds is 1. The van der Waals surface area contributed by atoms with Crippen LogP contribution in [0.4, 0.5) is 4.39 Å². The standard InChI is InChI=1S/C14H16FNO4/c15-10-1-2-12(17)11(9-10)13(18)16-5-3-14(4-6-16)19-7-8-20-14/h1-2,9,17H,3-8H2. The molecule has 0 saturated carbocycles. The minimum atomic E-state index is -0.555. The second-order valence-corrected chi connectivity index (χ2v) is 5.06. The summed E-state index contributed by atoms with van der Waals surface area (Å²) in [5.41, 5.74) is -0.00536. The second kappa shape index (κ2) is 5.03. The first kappa shape index (κ1) is 13.3. The number of aromatic hydroxyl groups is 1. The first-order valence-corrected chi connectivity index (χ1v) is 6.65. The molecule has 0 bridgehead atoms. The summed E-state index contributed by atoms with van der Waals surface area (Å²) in [4.78, 5) is 13.9. The Hall–Kier alpha value is -1.66. The van der Waals surface area contributed by atoms with Gasteiger partial charge in [-0.25, -0.2) is 4.39 Å². The predicted octanol–water partition coefficient (Wildman–Crippen LogP) is 1.51. The van der Waals surface area contributed by atoms with Crippen LogP contribution in [-0.4, -0.2) is 48.0 Å². The molecule has 1 aromatic rings. The van der Waals surface area contributed by atoms with E-state index >= 15 is 0 Å². The highest BCUT2D eigenvalue weighted by atomic mass is 19.1. The van der Waals surface area contributed by atoms with Gasteiger partial charge in [0.1, 0.15) is 11.6 Å². The number of amides is 1. The number of likely N-dealkylation sites (tertiary alicyclic amines) is 1. The van der Waals surface area contributed by atoms with Crippen LogP contribution in [0.1, 0.15) is 23.2 Å². The van der Waals surface area contributed by atoms with Crippen molar-refractivity contribution in [3.8, 4) is 5.75 Å². The van der Waals surface area contributed by atoms with Crippen LogP contribution in [0.5, 0.6) is 5.75 Å². The van der Waals surface area contributed by atoms with Gasteiger partial charge in [-0.3, -0.25) is 4.79 Å². The van der Waals surface area contributed by atoms with Crippen molar-refractivity contribution >= 4 is 5.91 Å². The van der Waals surface area contributed by atoms with Gasteiger partial charge in [0, 0.05) is 25.9 Å². The molecule has 0 unspecified atom stereocenters. The van der Waals surface area contributed by atoms with Gasteiger partial charge in [-0.15, -0.1) is 0 Å². The molecule has 2 saturated heterocycles. The quantitative estimate of drug-likeness (QED) is 0.847. The van der Waals surface area contributed by atoms with Gasteiger partial charge in [-0.1, -0.05) is 0 Å². The summed E-state index contributed by atoms with van der Waals surface area (Å²) in [6.45, 7) is 2.10. The van der Waals surface area contributed by atoms with Crippen LogP contribution in [0.25, 0.3) is 0 Å². The highest BCUT2D eigenvalue weighted by Gasteiger charge is 2.41. The van der Waals surface area contributed by atoms with Crippen molar-refractivity contribution in [2.45, 2.75) is 18.6 Å². The smallest absolute Gasteiger partial charge is 0.257 e. The fraction of sp³-hybridized carbons (Fsp3) is 0.500. The lowest BCUT2D eigenvalue weighted by atomic mass is 10.0. The van der Waals surface area contributed by atoms with Crippen molar-refractivity contribution in [3.63, 3.8) is 0 Å². The maximum absolute atomic E-state index is 13.2. The Morgan fingerprint density at radius 2 is 1.90 bits per heavy atom. The molecule has 0 radical (unpaired) electrons. The minimum Gasteiger partial charge on any atom is -0.507 e. The van der Waals surface area contributed by atoms with Crippen LogP contribution in [0.3, 0.4) is 0 Å². The average Bonchev–Trinajstić information content (AvgIpc) is 2.90. The lowest BCUT2D eigenvalue weighted by molar-refractivity contribution is -0.181. The molecule has 0 aromatic heterocycles.